The van der Waals surface area contributed by atoms with Crippen LogP contribution in [0.2, 0.25) is 0 Å². The third-order valence-corrected chi connectivity index (χ3v) is 2.93. The van der Waals surface area contributed by atoms with Crippen LogP contribution in [0.3, 0.4) is 0 Å². The summed E-state index contributed by atoms with van der Waals surface area (Å²) >= 11 is 0. The third-order valence-electron chi connectivity index (χ3n) is 2.93. The summed E-state index contributed by atoms with van der Waals surface area (Å²) in [6.07, 6.45) is 10.1. The molecule has 0 aliphatic carbocycles. The number of carbonyl (C=O) groups is 1. The van der Waals surface area contributed by atoms with Crippen LogP contribution < -0.4 is 10.6 Å². The van der Waals surface area contributed by atoms with Gasteiger partial charge < -0.3 is 10.2 Å². The highest BCUT2D eigenvalue weighted by Gasteiger charge is 2.09. The zero-order valence-electron chi connectivity index (χ0n) is 10.5. The molecule has 17 heavy (non-hydrogen) atoms. The van der Waals surface area contributed by atoms with Gasteiger partial charge in [-0.25, -0.2) is 0 Å². The highest BCUT2D eigenvalue weighted by Crippen LogP contribution is 2.08. The lowest BCUT2D eigenvalue weighted by atomic mass is 10.1. The molecule has 0 aromatic heterocycles. The molecule has 0 spiro atoms. The van der Waals surface area contributed by atoms with Crippen LogP contribution in [-0.2, 0) is 4.79 Å². The second-order valence-corrected chi connectivity index (χ2v) is 4.41. The monoisotopic (exact) mass is 237 g/mol. The van der Waals surface area contributed by atoms with Gasteiger partial charge in [0.15, 0.2) is 0 Å². The minimum absolute atomic E-state index is 0.0268. The number of hydrogen-bond donors (Lipinski definition) is 2. The second kappa shape index (κ2) is 9.03. The number of terminal acetylenes is 1. The first-order valence-corrected chi connectivity index (χ1v) is 6.46. The van der Waals surface area contributed by atoms with Gasteiger partial charge in [-0.3, -0.25) is 10.1 Å². The van der Waals surface area contributed by atoms with Crippen molar-refractivity contribution in [3.8, 4) is 12.3 Å². The number of carbonyl (C=O) groups excluding carboxylic acids is 1. The van der Waals surface area contributed by atoms with Gasteiger partial charge in [-0.05, 0) is 38.9 Å². The van der Waals surface area contributed by atoms with Crippen LogP contribution in [0.15, 0.2) is 0 Å². The molecule has 0 bridgehead atoms. The van der Waals surface area contributed by atoms with Crippen molar-refractivity contribution >= 4 is 5.91 Å². The molecule has 1 fully saturated rings. The maximum Gasteiger partial charge on any atom is 0.233 e. The molecule has 1 rings (SSSR count). The number of amides is 1. The number of hydrogen-bond acceptors (Lipinski definition) is 3. The Morgan fingerprint density at radius 3 is 2.76 bits per heavy atom. The Morgan fingerprint density at radius 1 is 1.29 bits per heavy atom. The number of rotatable bonds is 7. The summed E-state index contributed by atoms with van der Waals surface area (Å²) in [6, 6.07) is 0. The van der Waals surface area contributed by atoms with E-state index in [1.807, 2.05) is 0 Å². The molecular formula is C13H23N3O. The molecule has 2 N–H and O–H groups in total. The van der Waals surface area contributed by atoms with Crippen molar-refractivity contribution in [2.45, 2.75) is 25.7 Å². The van der Waals surface area contributed by atoms with Crippen molar-refractivity contribution in [2.75, 3.05) is 39.3 Å². The van der Waals surface area contributed by atoms with E-state index in [1.165, 1.54) is 32.4 Å². The molecule has 1 aliphatic rings. The Bertz CT molecular complexity index is 254. The lowest BCUT2D eigenvalue weighted by Crippen LogP contribution is -2.36. The van der Waals surface area contributed by atoms with E-state index in [1.54, 1.807) is 0 Å². The molecule has 1 amide bonds. The summed E-state index contributed by atoms with van der Waals surface area (Å²) in [5.74, 6) is 2.46. The van der Waals surface area contributed by atoms with Gasteiger partial charge in [0.2, 0.25) is 5.91 Å². The smallest absolute Gasteiger partial charge is 0.233 e. The summed E-state index contributed by atoms with van der Waals surface area (Å²) in [5, 5.41) is 5.75. The topological polar surface area (TPSA) is 44.4 Å². The molecule has 1 saturated heterocycles. The lowest BCUT2D eigenvalue weighted by Gasteiger charge is -2.26. The van der Waals surface area contributed by atoms with Gasteiger partial charge in [-0.1, -0.05) is 12.3 Å². The molecule has 0 atom stereocenters. The van der Waals surface area contributed by atoms with Crippen molar-refractivity contribution in [2.24, 2.45) is 0 Å². The average Bonchev–Trinajstić information content (AvgIpc) is 2.36. The van der Waals surface area contributed by atoms with Crippen molar-refractivity contribution in [3.63, 3.8) is 0 Å². The van der Waals surface area contributed by atoms with E-state index in [4.69, 9.17) is 6.42 Å². The van der Waals surface area contributed by atoms with Gasteiger partial charge in [0.05, 0.1) is 13.1 Å². The van der Waals surface area contributed by atoms with Crippen LogP contribution >= 0.6 is 0 Å². The first-order chi connectivity index (χ1) is 8.33. The Kier molecular flexibility index (Phi) is 7.44. The fourth-order valence-corrected chi connectivity index (χ4v) is 2.02. The molecule has 1 heterocycles. The summed E-state index contributed by atoms with van der Waals surface area (Å²) in [4.78, 5) is 13.8. The molecular weight excluding hydrogens is 214 g/mol. The minimum atomic E-state index is 0.0268. The van der Waals surface area contributed by atoms with E-state index in [9.17, 15) is 4.79 Å². The fourth-order valence-electron chi connectivity index (χ4n) is 2.02. The summed E-state index contributed by atoms with van der Waals surface area (Å²) in [5.41, 5.74) is 0. The van der Waals surface area contributed by atoms with Crippen molar-refractivity contribution < 1.29 is 4.79 Å². The molecule has 0 saturated carbocycles. The van der Waals surface area contributed by atoms with E-state index in [-0.39, 0.29) is 5.91 Å². The molecule has 0 aromatic rings. The Hall–Kier alpha value is -1.05. The Balaban J connectivity index is 1.92. The number of piperidine rings is 1. The maximum absolute atomic E-state index is 11.3. The highest BCUT2D eigenvalue weighted by atomic mass is 16.1. The van der Waals surface area contributed by atoms with E-state index >= 15 is 0 Å². The SMILES string of the molecule is C#CCNCC(=O)NCCCN1CCCCC1. The molecule has 4 heteroatoms. The standard InChI is InChI=1S/C13H23N3O/c1-2-7-14-12-13(17)15-8-6-11-16-9-4-3-5-10-16/h1,14H,3-12H2,(H,15,17). The van der Waals surface area contributed by atoms with Crippen molar-refractivity contribution in [1.29, 1.82) is 0 Å². The van der Waals surface area contributed by atoms with Crippen LogP contribution in [0.4, 0.5) is 0 Å². The van der Waals surface area contributed by atoms with E-state index in [2.05, 4.69) is 21.5 Å². The number of likely N-dealkylation sites (tertiary alicyclic amines) is 1. The van der Waals surface area contributed by atoms with Crippen LogP contribution in [-0.4, -0.2) is 50.1 Å². The average molecular weight is 237 g/mol. The van der Waals surface area contributed by atoms with Gasteiger partial charge in [0, 0.05) is 6.54 Å². The van der Waals surface area contributed by atoms with Gasteiger partial charge in [0.25, 0.3) is 0 Å². The van der Waals surface area contributed by atoms with Crippen LogP contribution in [0.5, 0.6) is 0 Å². The predicted octanol–water partition coefficient (Wildman–Crippen LogP) is 0.201. The maximum atomic E-state index is 11.3. The van der Waals surface area contributed by atoms with Crippen LogP contribution in [0.1, 0.15) is 25.7 Å². The Labute approximate surface area is 104 Å². The van der Waals surface area contributed by atoms with E-state index in [0.29, 0.717) is 13.1 Å². The predicted molar refractivity (Wildman–Crippen MR) is 69.6 cm³/mol. The normalized spacial score (nSPS) is 16.4. The lowest BCUT2D eigenvalue weighted by molar-refractivity contribution is -0.120. The van der Waals surface area contributed by atoms with E-state index in [0.717, 1.165) is 19.5 Å². The molecule has 96 valence electrons. The Morgan fingerprint density at radius 2 is 2.06 bits per heavy atom. The second-order valence-electron chi connectivity index (χ2n) is 4.41. The molecule has 0 unspecified atom stereocenters. The largest absolute Gasteiger partial charge is 0.355 e. The van der Waals surface area contributed by atoms with Crippen molar-refractivity contribution in [3.05, 3.63) is 0 Å². The number of nitrogens with zero attached hydrogens (tertiary/aromatic N) is 1. The van der Waals surface area contributed by atoms with Crippen molar-refractivity contribution in [1.82, 2.24) is 15.5 Å². The highest BCUT2D eigenvalue weighted by molar-refractivity contribution is 5.77. The van der Waals surface area contributed by atoms with Gasteiger partial charge in [0.1, 0.15) is 0 Å². The zero-order chi connectivity index (χ0) is 12.3. The van der Waals surface area contributed by atoms with Gasteiger partial charge >= 0.3 is 0 Å². The molecule has 0 aromatic carbocycles. The molecule has 4 nitrogen and oxygen atoms in total. The summed E-state index contributed by atoms with van der Waals surface area (Å²) in [7, 11) is 0. The first kappa shape index (κ1) is 14.0. The van der Waals surface area contributed by atoms with Crippen LogP contribution in [0, 0.1) is 12.3 Å². The first-order valence-electron chi connectivity index (χ1n) is 6.46. The van der Waals surface area contributed by atoms with Crippen LogP contribution in [0.25, 0.3) is 0 Å². The molecule has 0 radical (unpaired) electrons. The zero-order valence-corrected chi connectivity index (χ0v) is 10.5. The number of nitrogens with one attached hydrogen (secondary N) is 2. The van der Waals surface area contributed by atoms with E-state index < -0.39 is 0 Å². The van der Waals surface area contributed by atoms with Gasteiger partial charge in [-0.15, -0.1) is 6.42 Å². The van der Waals surface area contributed by atoms with Gasteiger partial charge in [-0.2, -0.15) is 0 Å². The quantitative estimate of drug-likeness (QED) is 0.491. The third kappa shape index (κ3) is 6.98. The summed E-state index contributed by atoms with van der Waals surface area (Å²) < 4.78 is 0. The molecule has 1 aliphatic heterocycles. The summed E-state index contributed by atoms with van der Waals surface area (Å²) in [6.45, 7) is 5.05. The minimum Gasteiger partial charge on any atom is -0.355 e. The fraction of sp³-hybridized carbons (Fsp3) is 0.769.